The number of aliphatic carboxylic acids is 1. The third kappa shape index (κ3) is 3.59. The normalized spacial score (nSPS) is 23.3. The fourth-order valence-electron chi connectivity index (χ4n) is 2.55. The van der Waals surface area contributed by atoms with Crippen molar-refractivity contribution in [3.8, 4) is 0 Å². The Kier molecular flexibility index (Phi) is 4.89. The van der Waals surface area contributed by atoms with Crippen LogP contribution in [0.4, 0.5) is 0 Å². The molecular formula is C12H20O2S2. The zero-order valence-electron chi connectivity index (χ0n) is 9.56. The van der Waals surface area contributed by atoms with Crippen molar-refractivity contribution in [1.29, 1.82) is 0 Å². The van der Waals surface area contributed by atoms with Crippen LogP contribution in [0.5, 0.6) is 0 Å². The Morgan fingerprint density at radius 1 is 0.938 bits per heavy atom. The van der Waals surface area contributed by atoms with Crippen molar-refractivity contribution < 1.29 is 9.90 Å². The molecule has 0 saturated heterocycles. The first kappa shape index (κ1) is 12.6. The van der Waals surface area contributed by atoms with Crippen LogP contribution in [-0.2, 0) is 4.79 Å². The fraction of sp³-hybridized carbons (Fsp3) is 0.917. The molecule has 0 heterocycles. The van der Waals surface area contributed by atoms with E-state index in [4.69, 9.17) is 0 Å². The molecule has 0 spiro atoms. The number of carbonyl (C=O) groups is 1. The molecule has 0 amide bonds. The van der Waals surface area contributed by atoms with Gasteiger partial charge in [0.05, 0.1) is 0 Å². The minimum absolute atomic E-state index is 0.216. The number of carboxylic acids is 1. The van der Waals surface area contributed by atoms with E-state index in [9.17, 15) is 9.90 Å². The van der Waals surface area contributed by atoms with Gasteiger partial charge in [-0.15, -0.1) is 23.5 Å². The highest BCUT2D eigenvalue weighted by molar-refractivity contribution is 8.18. The second-order valence-electron chi connectivity index (χ2n) is 4.76. The molecule has 2 aliphatic rings. The molecule has 2 fully saturated rings. The van der Waals surface area contributed by atoms with E-state index in [2.05, 4.69) is 0 Å². The van der Waals surface area contributed by atoms with Gasteiger partial charge in [-0.1, -0.05) is 25.7 Å². The Bertz CT molecular complexity index is 215. The standard InChI is InChI=1S/C12H20O2S2/c13-11(14)12(15-9-5-1-2-6-9)16-10-7-3-4-8-10/h9-10,12H,1-8H2,(H,13,14). The van der Waals surface area contributed by atoms with Crippen LogP contribution in [0.15, 0.2) is 0 Å². The van der Waals surface area contributed by atoms with Gasteiger partial charge in [0.2, 0.25) is 0 Å². The van der Waals surface area contributed by atoms with Gasteiger partial charge in [0.15, 0.2) is 0 Å². The Morgan fingerprint density at radius 3 is 1.62 bits per heavy atom. The quantitative estimate of drug-likeness (QED) is 0.764. The summed E-state index contributed by atoms with van der Waals surface area (Å²) >= 11 is 3.42. The van der Waals surface area contributed by atoms with Crippen molar-refractivity contribution in [2.45, 2.75) is 66.4 Å². The maximum atomic E-state index is 11.2. The second-order valence-corrected chi connectivity index (χ2v) is 7.87. The second kappa shape index (κ2) is 6.20. The van der Waals surface area contributed by atoms with Crippen LogP contribution in [0, 0.1) is 0 Å². The van der Waals surface area contributed by atoms with Crippen LogP contribution in [0.3, 0.4) is 0 Å². The molecule has 2 aliphatic carbocycles. The zero-order valence-corrected chi connectivity index (χ0v) is 11.2. The number of hydrogen-bond donors (Lipinski definition) is 1. The van der Waals surface area contributed by atoms with Gasteiger partial charge in [-0.05, 0) is 25.7 Å². The number of hydrogen-bond acceptors (Lipinski definition) is 3. The molecule has 0 aromatic rings. The molecule has 0 atom stereocenters. The highest BCUT2D eigenvalue weighted by atomic mass is 32.2. The zero-order chi connectivity index (χ0) is 11.4. The molecule has 0 aromatic carbocycles. The van der Waals surface area contributed by atoms with E-state index in [0.29, 0.717) is 10.5 Å². The van der Waals surface area contributed by atoms with E-state index in [-0.39, 0.29) is 4.58 Å². The van der Waals surface area contributed by atoms with E-state index < -0.39 is 5.97 Å². The molecule has 92 valence electrons. The van der Waals surface area contributed by atoms with Crippen molar-refractivity contribution >= 4 is 29.5 Å². The maximum absolute atomic E-state index is 11.2. The van der Waals surface area contributed by atoms with Crippen LogP contribution in [0.25, 0.3) is 0 Å². The molecule has 2 saturated carbocycles. The smallest absolute Gasteiger partial charge is 0.326 e. The minimum Gasteiger partial charge on any atom is -0.480 e. The third-order valence-electron chi connectivity index (χ3n) is 3.44. The average molecular weight is 260 g/mol. The van der Waals surface area contributed by atoms with Gasteiger partial charge in [-0.3, -0.25) is 4.79 Å². The first-order valence-corrected chi connectivity index (χ1v) is 8.18. The molecule has 0 bridgehead atoms. The number of carboxylic acid groups (broad SMARTS) is 1. The first-order chi connectivity index (χ1) is 7.75. The van der Waals surface area contributed by atoms with Gasteiger partial charge in [0.25, 0.3) is 0 Å². The van der Waals surface area contributed by atoms with Gasteiger partial charge in [-0.25, -0.2) is 0 Å². The lowest BCUT2D eigenvalue weighted by Gasteiger charge is -2.19. The highest BCUT2D eigenvalue weighted by Gasteiger charge is 2.29. The summed E-state index contributed by atoms with van der Waals surface area (Å²) in [5.74, 6) is -0.617. The molecule has 4 heteroatoms. The van der Waals surface area contributed by atoms with Crippen molar-refractivity contribution in [3.63, 3.8) is 0 Å². The van der Waals surface area contributed by atoms with Gasteiger partial charge in [0, 0.05) is 10.5 Å². The van der Waals surface area contributed by atoms with E-state index >= 15 is 0 Å². The van der Waals surface area contributed by atoms with Crippen LogP contribution in [0.1, 0.15) is 51.4 Å². The SMILES string of the molecule is O=C(O)C(SC1CCCC1)SC1CCCC1. The van der Waals surface area contributed by atoms with E-state index in [1.54, 1.807) is 23.5 Å². The summed E-state index contributed by atoms with van der Waals surface area (Å²) in [6, 6.07) is 0. The Balaban J connectivity index is 1.81. The lowest BCUT2D eigenvalue weighted by molar-refractivity contribution is -0.134. The molecule has 2 nitrogen and oxygen atoms in total. The summed E-state index contributed by atoms with van der Waals surface area (Å²) in [6.45, 7) is 0. The van der Waals surface area contributed by atoms with Gasteiger partial charge in [-0.2, -0.15) is 0 Å². The summed E-state index contributed by atoms with van der Waals surface area (Å²) in [5.41, 5.74) is 0. The number of rotatable bonds is 5. The van der Waals surface area contributed by atoms with Crippen molar-refractivity contribution in [1.82, 2.24) is 0 Å². The molecule has 0 radical (unpaired) electrons. The minimum atomic E-state index is -0.617. The van der Waals surface area contributed by atoms with Crippen LogP contribution in [-0.4, -0.2) is 26.2 Å². The molecule has 2 rings (SSSR count). The van der Waals surface area contributed by atoms with Crippen LogP contribution < -0.4 is 0 Å². The molecule has 0 aromatic heterocycles. The Hall–Kier alpha value is 0.170. The molecule has 0 aliphatic heterocycles. The monoisotopic (exact) mass is 260 g/mol. The molecule has 0 unspecified atom stereocenters. The fourth-order valence-corrected chi connectivity index (χ4v) is 5.89. The lowest BCUT2D eigenvalue weighted by Crippen LogP contribution is -2.18. The van der Waals surface area contributed by atoms with Gasteiger partial charge in [0.1, 0.15) is 4.58 Å². The summed E-state index contributed by atoms with van der Waals surface area (Å²) in [6.07, 6.45) is 10.0. The summed E-state index contributed by atoms with van der Waals surface area (Å²) in [4.78, 5) is 11.2. The predicted molar refractivity (Wildman–Crippen MR) is 71.1 cm³/mol. The maximum Gasteiger partial charge on any atom is 0.326 e. The largest absolute Gasteiger partial charge is 0.480 e. The van der Waals surface area contributed by atoms with Crippen molar-refractivity contribution in [2.24, 2.45) is 0 Å². The highest BCUT2D eigenvalue weighted by Crippen LogP contribution is 2.41. The van der Waals surface area contributed by atoms with E-state index in [1.165, 1.54) is 51.4 Å². The van der Waals surface area contributed by atoms with Crippen LogP contribution >= 0.6 is 23.5 Å². The lowest BCUT2D eigenvalue weighted by atomic mass is 10.4. The Morgan fingerprint density at radius 2 is 1.31 bits per heavy atom. The third-order valence-corrected chi connectivity index (χ3v) is 6.72. The Labute approximate surface area is 106 Å². The van der Waals surface area contributed by atoms with Gasteiger partial charge >= 0.3 is 5.97 Å². The number of thioether (sulfide) groups is 2. The molecule has 16 heavy (non-hydrogen) atoms. The predicted octanol–water partition coefficient (Wildman–Crippen LogP) is 3.75. The molecular weight excluding hydrogens is 240 g/mol. The van der Waals surface area contributed by atoms with Gasteiger partial charge < -0.3 is 5.11 Å². The summed E-state index contributed by atoms with van der Waals surface area (Å²) < 4.78 is -0.216. The van der Waals surface area contributed by atoms with E-state index in [1.807, 2.05) is 0 Å². The van der Waals surface area contributed by atoms with Crippen LogP contribution in [0.2, 0.25) is 0 Å². The summed E-state index contributed by atoms with van der Waals surface area (Å²) in [5, 5.41) is 10.5. The average Bonchev–Trinajstić information content (AvgIpc) is 2.88. The molecule has 1 N–H and O–H groups in total. The van der Waals surface area contributed by atoms with Crippen molar-refractivity contribution in [2.75, 3.05) is 0 Å². The summed E-state index contributed by atoms with van der Waals surface area (Å²) in [7, 11) is 0. The first-order valence-electron chi connectivity index (χ1n) is 6.29. The topological polar surface area (TPSA) is 37.3 Å². The van der Waals surface area contributed by atoms with Crippen molar-refractivity contribution in [3.05, 3.63) is 0 Å². The van der Waals surface area contributed by atoms with E-state index in [0.717, 1.165) is 0 Å².